The second-order valence-corrected chi connectivity index (χ2v) is 5.78. The highest BCUT2D eigenvalue weighted by Crippen LogP contribution is 2.21. The summed E-state index contributed by atoms with van der Waals surface area (Å²) in [6, 6.07) is 14.3. The molecule has 0 amide bonds. The van der Waals surface area contributed by atoms with E-state index in [9.17, 15) is 9.59 Å². The number of Topliss-reactive ketones (excluding diaryl/α,β-unsaturated/α-hetero) is 1. The molecule has 0 aliphatic carbocycles. The summed E-state index contributed by atoms with van der Waals surface area (Å²) in [6.07, 6.45) is 0.978. The Bertz CT molecular complexity index is 719. The Kier molecular flexibility index (Phi) is 7.21. The van der Waals surface area contributed by atoms with E-state index in [0.717, 1.165) is 11.3 Å². The molecule has 5 heteroatoms. The minimum absolute atomic E-state index is 0.236. The van der Waals surface area contributed by atoms with Crippen molar-refractivity contribution < 1.29 is 23.8 Å². The first-order valence-corrected chi connectivity index (χ1v) is 8.56. The Morgan fingerprint density at radius 1 is 0.885 bits per heavy atom. The van der Waals surface area contributed by atoms with Gasteiger partial charge >= 0.3 is 5.97 Å². The monoisotopic (exact) mass is 356 g/mol. The molecular formula is C21H24O5. The summed E-state index contributed by atoms with van der Waals surface area (Å²) < 4.78 is 15.4. The first-order chi connectivity index (χ1) is 12.6. The molecule has 0 saturated carbocycles. The lowest BCUT2D eigenvalue weighted by Crippen LogP contribution is -2.27. The van der Waals surface area contributed by atoms with Crippen LogP contribution in [0.4, 0.5) is 0 Å². The van der Waals surface area contributed by atoms with Crippen LogP contribution < -0.4 is 9.47 Å². The molecule has 0 aliphatic rings. The van der Waals surface area contributed by atoms with Crippen LogP contribution in [-0.4, -0.2) is 32.6 Å². The third-order valence-corrected chi connectivity index (χ3v) is 4.14. The number of benzene rings is 2. The number of carbonyl (C=O) groups excluding carboxylic acids is 2. The Balaban J connectivity index is 2.13. The first kappa shape index (κ1) is 19.5. The summed E-state index contributed by atoms with van der Waals surface area (Å²) in [6.45, 7) is 1.98. The summed E-state index contributed by atoms with van der Waals surface area (Å²) in [5, 5.41) is 0. The fraction of sp³-hybridized carbons (Fsp3) is 0.333. The fourth-order valence-electron chi connectivity index (χ4n) is 2.66. The number of ether oxygens (including phenoxy) is 3. The molecule has 0 saturated heterocycles. The van der Waals surface area contributed by atoms with Crippen molar-refractivity contribution >= 4 is 11.8 Å². The second-order valence-electron chi connectivity index (χ2n) is 5.78. The lowest BCUT2D eigenvalue weighted by molar-refractivity contribution is -0.146. The van der Waals surface area contributed by atoms with Crippen molar-refractivity contribution in [1.29, 1.82) is 0 Å². The van der Waals surface area contributed by atoms with Crippen molar-refractivity contribution in [3.63, 3.8) is 0 Å². The third kappa shape index (κ3) is 5.09. The Morgan fingerprint density at radius 2 is 1.42 bits per heavy atom. The number of hydrogen-bond donors (Lipinski definition) is 0. The normalized spacial score (nSPS) is 11.5. The van der Waals surface area contributed by atoms with Gasteiger partial charge < -0.3 is 14.2 Å². The van der Waals surface area contributed by atoms with E-state index in [1.54, 1.807) is 45.4 Å². The molecule has 5 nitrogen and oxygen atoms in total. The van der Waals surface area contributed by atoms with E-state index in [4.69, 9.17) is 14.2 Å². The predicted octanol–water partition coefficient (Wildman–Crippen LogP) is 3.70. The quantitative estimate of drug-likeness (QED) is 0.389. The molecule has 0 bridgehead atoms. The topological polar surface area (TPSA) is 61.8 Å². The largest absolute Gasteiger partial charge is 0.497 e. The summed E-state index contributed by atoms with van der Waals surface area (Å²) in [5.74, 6) is -0.121. The van der Waals surface area contributed by atoms with Crippen LogP contribution in [0.2, 0.25) is 0 Å². The van der Waals surface area contributed by atoms with Gasteiger partial charge in [-0.1, -0.05) is 12.1 Å². The van der Waals surface area contributed by atoms with Crippen molar-refractivity contribution in [3.05, 3.63) is 59.7 Å². The van der Waals surface area contributed by atoms with Crippen LogP contribution >= 0.6 is 0 Å². The van der Waals surface area contributed by atoms with Crippen molar-refractivity contribution in [2.45, 2.75) is 19.8 Å². The zero-order chi connectivity index (χ0) is 18.9. The van der Waals surface area contributed by atoms with Gasteiger partial charge in [0.05, 0.1) is 20.8 Å². The van der Waals surface area contributed by atoms with E-state index in [0.29, 0.717) is 24.2 Å². The summed E-state index contributed by atoms with van der Waals surface area (Å²) >= 11 is 0. The van der Waals surface area contributed by atoms with Gasteiger partial charge in [-0.05, 0) is 61.7 Å². The number of carbonyl (C=O) groups is 2. The average Bonchev–Trinajstić information content (AvgIpc) is 2.68. The number of hydrogen-bond acceptors (Lipinski definition) is 5. The van der Waals surface area contributed by atoms with Crippen LogP contribution in [0.5, 0.6) is 11.5 Å². The zero-order valence-electron chi connectivity index (χ0n) is 15.4. The lowest BCUT2D eigenvalue weighted by Gasteiger charge is -2.15. The molecule has 1 unspecified atom stereocenters. The van der Waals surface area contributed by atoms with E-state index >= 15 is 0 Å². The van der Waals surface area contributed by atoms with Crippen LogP contribution in [0.25, 0.3) is 0 Å². The Labute approximate surface area is 153 Å². The molecule has 2 aromatic carbocycles. The maximum atomic E-state index is 12.8. The van der Waals surface area contributed by atoms with E-state index in [1.165, 1.54) is 0 Å². The van der Waals surface area contributed by atoms with Crippen molar-refractivity contribution in [3.8, 4) is 11.5 Å². The minimum Gasteiger partial charge on any atom is -0.497 e. The van der Waals surface area contributed by atoms with Gasteiger partial charge in [0.2, 0.25) is 0 Å². The van der Waals surface area contributed by atoms with Crippen molar-refractivity contribution in [1.82, 2.24) is 0 Å². The molecule has 0 N–H and O–H groups in total. The third-order valence-electron chi connectivity index (χ3n) is 4.14. The Hall–Kier alpha value is -2.82. The smallest absolute Gasteiger partial charge is 0.316 e. The maximum Gasteiger partial charge on any atom is 0.316 e. The molecular weight excluding hydrogens is 332 g/mol. The van der Waals surface area contributed by atoms with Gasteiger partial charge in [-0.2, -0.15) is 0 Å². The number of ketones is 1. The first-order valence-electron chi connectivity index (χ1n) is 8.56. The number of methoxy groups -OCH3 is 2. The minimum atomic E-state index is -0.828. The molecule has 2 aromatic rings. The van der Waals surface area contributed by atoms with E-state index in [2.05, 4.69) is 0 Å². The van der Waals surface area contributed by atoms with Crippen LogP contribution in [0.15, 0.2) is 48.5 Å². The highest BCUT2D eigenvalue weighted by Gasteiger charge is 2.28. The SMILES string of the molecule is CCOC(=O)C(CCc1ccc(OC)cc1)C(=O)c1ccc(OC)cc1. The van der Waals surface area contributed by atoms with Crippen LogP contribution in [0.3, 0.4) is 0 Å². The highest BCUT2D eigenvalue weighted by atomic mass is 16.5. The standard InChI is InChI=1S/C21H24O5/c1-4-26-21(23)19(14-7-15-5-10-17(24-2)11-6-15)20(22)16-8-12-18(25-3)13-9-16/h5-6,8-13,19H,4,7,14H2,1-3H3. The van der Waals surface area contributed by atoms with Crippen molar-refractivity contribution in [2.24, 2.45) is 5.92 Å². The summed E-state index contributed by atoms with van der Waals surface area (Å²) in [4.78, 5) is 25.1. The fourth-order valence-corrected chi connectivity index (χ4v) is 2.66. The van der Waals surface area contributed by atoms with Gasteiger partial charge in [-0.3, -0.25) is 9.59 Å². The number of esters is 1. The molecule has 26 heavy (non-hydrogen) atoms. The van der Waals surface area contributed by atoms with Crippen LogP contribution in [0.1, 0.15) is 29.3 Å². The maximum absolute atomic E-state index is 12.8. The molecule has 0 fully saturated rings. The number of rotatable bonds is 9. The summed E-state index contributed by atoms with van der Waals surface area (Å²) in [5.41, 5.74) is 1.50. The van der Waals surface area contributed by atoms with Gasteiger partial charge in [-0.25, -0.2) is 0 Å². The van der Waals surface area contributed by atoms with Gasteiger partial charge in [0.15, 0.2) is 5.78 Å². The molecule has 0 spiro atoms. The molecule has 0 aromatic heterocycles. The molecule has 0 heterocycles. The molecule has 0 aliphatic heterocycles. The average molecular weight is 356 g/mol. The molecule has 0 radical (unpaired) electrons. The van der Waals surface area contributed by atoms with E-state index in [-0.39, 0.29) is 12.4 Å². The summed E-state index contributed by atoms with van der Waals surface area (Å²) in [7, 11) is 3.17. The molecule has 1 atom stereocenters. The number of aryl methyl sites for hydroxylation is 1. The highest BCUT2D eigenvalue weighted by molar-refractivity contribution is 6.08. The van der Waals surface area contributed by atoms with E-state index in [1.807, 2.05) is 24.3 Å². The van der Waals surface area contributed by atoms with Crippen molar-refractivity contribution in [2.75, 3.05) is 20.8 Å². The zero-order valence-corrected chi connectivity index (χ0v) is 15.4. The van der Waals surface area contributed by atoms with Crippen LogP contribution in [0, 0.1) is 5.92 Å². The van der Waals surface area contributed by atoms with E-state index < -0.39 is 11.9 Å². The van der Waals surface area contributed by atoms with Gasteiger partial charge in [0.1, 0.15) is 17.4 Å². The van der Waals surface area contributed by atoms with Gasteiger partial charge in [0, 0.05) is 5.56 Å². The second kappa shape index (κ2) is 9.61. The van der Waals surface area contributed by atoms with Gasteiger partial charge in [0.25, 0.3) is 0 Å². The van der Waals surface area contributed by atoms with Crippen LogP contribution in [-0.2, 0) is 16.0 Å². The molecule has 2 rings (SSSR count). The predicted molar refractivity (Wildman–Crippen MR) is 98.8 cm³/mol. The molecule has 138 valence electrons. The van der Waals surface area contributed by atoms with Gasteiger partial charge in [-0.15, -0.1) is 0 Å². The lowest BCUT2D eigenvalue weighted by atomic mass is 9.91. The Morgan fingerprint density at radius 3 is 1.92 bits per heavy atom.